The summed E-state index contributed by atoms with van der Waals surface area (Å²) in [6, 6.07) is 9.21. The molecule has 0 saturated carbocycles. The fourth-order valence-corrected chi connectivity index (χ4v) is 2.05. The summed E-state index contributed by atoms with van der Waals surface area (Å²) in [5, 5.41) is 0.883. The van der Waals surface area contributed by atoms with E-state index in [9.17, 15) is 4.79 Å². The van der Waals surface area contributed by atoms with E-state index >= 15 is 0 Å². The lowest BCUT2D eigenvalue weighted by Gasteiger charge is -2.17. The van der Waals surface area contributed by atoms with E-state index in [0.717, 1.165) is 10.9 Å². The number of ether oxygens (including phenoxy) is 1. The maximum Gasteiger partial charge on any atom is 0.272 e. The van der Waals surface area contributed by atoms with Crippen molar-refractivity contribution in [3.05, 3.63) is 36.0 Å². The van der Waals surface area contributed by atoms with E-state index in [0.29, 0.717) is 31.1 Å². The first-order chi connectivity index (χ1) is 10.2. The number of likely N-dealkylation sites (N-methyl/N-ethyl adjacent to an activating group) is 1. The van der Waals surface area contributed by atoms with E-state index in [1.807, 2.05) is 31.2 Å². The van der Waals surface area contributed by atoms with Gasteiger partial charge in [-0.25, -0.2) is 4.98 Å². The number of para-hydroxylation sites is 1. The van der Waals surface area contributed by atoms with E-state index in [2.05, 4.69) is 10.4 Å². The monoisotopic (exact) mass is 288 g/mol. The lowest BCUT2D eigenvalue weighted by atomic mass is 10.1. The first kappa shape index (κ1) is 15.2. The number of fused-ring (bicyclic) bond motifs is 1. The topological polar surface area (TPSA) is 80.5 Å². The van der Waals surface area contributed by atoms with Gasteiger partial charge in [0, 0.05) is 25.6 Å². The summed E-state index contributed by atoms with van der Waals surface area (Å²) in [6.45, 7) is 3.59. The van der Waals surface area contributed by atoms with Crippen molar-refractivity contribution in [3.8, 4) is 0 Å². The van der Waals surface area contributed by atoms with Gasteiger partial charge in [0.25, 0.3) is 5.91 Å². The molecule has 1 heterocycles. The molecule has 2 aromatic rings. The molecule has 0 aliphatic heterocycles. The van der Waals surface area contributed by atoms with Crippen LogP contribution in [0.5, 0.6) is 0 Å². The summed E-state index contributed by atoms with van der Waals surface area (Å²) < 4.78 is 5.26. The van der Waals surface area contributed by atoms with Gasteiger partial charge in [-0.05, 0) is 19.1 Å². The molecule has 2 rings (SSSR count). The number of anilines is 1. The minimum absolute atomic E-state index is 0.156. The Balaban J connectivity index is 2.27. The number of hydrogen-bond donors (Lipinski definition) is 2. The Bertz CT molecular complexity index is 630. The third-order valence-corrected chi connectivity index (χ3v) is 3.21. The Morgan fingerprint density at radius 2 is 2.19 bits per heavy atom. The summed E-state index contributed by atoms with van der Waals surface area (Å²) in [6.07, 6.45) is 0. The predicted octanol–water partition coefficient (Wildman–Crippen LogP) is 1.63. The van der Waals surface area contributed by atoms with Gasteiger partial charge in [-0.3, -0.25) is 10.6 Å². The molecule has 0 aliphatic carbocycles. The van der Waals surface area contributed by atoms with Crippen LogP contribution in [0.25, 0.3) is 10.9 Å². The van der Waals surface area contributed by atoms with E-state index in [-0.39, 0.29) is 5.91 Å². The quantitative estimate of drug-likeness (QED) is 0.480. The van der Waals surface area contributed by atoms with Crippen LogP contribution in [0.3, 0.4) is 0 Å². The molecule has 6 heteroatoms. The van der Waals surface area contributed by atoms with Gasteiger partial charge in [0.1, 0.15) is 5.69 Å². The van der Waals surface area contributed by atoms with Crippen LogP contribution < -0.4 is 11.3 Å². The van der Waals surface area contributed by atoms with Crippen molar-refractivity contribution in [1.82, 2.24) is 9.88 Å². The van der Waals surface area contributed by atoms with Crippen molar-refractivity contribution in [2.45, 2.75) is 6.92 Å². The number of pyridine rings is 1. The van der Waals surface area contributed by atoms with E-state index in [1.165, 1.54) is 0 Å². The number of amides is 1. The SMILES string of the molecule is CCOCCN(C)C(=O)c1cc(NN)c2ccccc2n1. The van der Waals surface area contributed by atoms with Gasteiger partial charge in [0.05, 0.1) is 17.8 Å². The summed E-state index contributed by atoms with van der Waals surface area (Å²) in [5.41, 5.74) is 4.40. The highest BCUT2D eigenvalue weighted by molar-refractivity contribution is 5.99. The molecule has 3 N–H and O–H groups in total. The standard InChI is InChI=1S/C15H20N4O2/c1-3-21-9-8-19(2)15(20)14-10-13(18-16)11-6-4-5-7-12(11)17-14/h4-7,10H,3,8-9,16H2,1-2H3,(H,17,18). The molecule has 21 heavy (non-hydrogen) atoms. The van der Waals surface area contributed by atoms with Crippen LogP contribution in [0.4, 0.5) is 5.69 Å². The number of rotatable bonds is 6. The van der Waals surface area contributed by atoms with Crippen LogP contribution in [0.15, 0.2) is 30.3 Å². The zero-order chi connectivity index (χ0) is 15.2. The van der Waals surface area contributed by atoms with Gasteiger partial charge in [-0.1, -0.05) is 18.2 Å². The van der Waals surface area contributed by atoms with Crippen LogP contribution in [-0.4, -0.2) is 42.6 Å². The molecule has 0 bridgehead atoms. The van der Waals surface area contributed by atoms with Crippen LogP contribution in [0, 0.1) is 0 Å². The third-order valence-electron chi connectivity index (χ3n) is 3.21. The van der Waals surface area contributed by atoms with Crippen LogP contribution in [0.1, 0.15) is 17.4 Å². The van der Waals surface area contributed by atoms with Gasteiger partial charge < -0.3 is 15.1 Å². The number of hydrazine groups is 1. The Morgan fingerprint density at radius 1 is 1.43 bits per heavy atom. The highest BCUT2D eigenvalue weighted by atomic mass is 16.5. The van der Waals surface area contributed by atoms with Crippen molar-refractivity contribution in [2.75, 3.05) is 32.2 Å². The molecule has 0 aliphatic rings. The van der Waals surface area contributed by atoms with E-state index < -0.39 is 0 Å². The normalized spacial score (nSPS) is 10.6. The summed E-state index contributed by atoms with van der Waals surface area (Å²) >= 11 is 0. The predicted molar refractivity (Wildman–Crippen MR) is 83.0 cm³/mol. The molecule has 0 saturated heterocycles. The first-order valence-corrected chi connectivity index (χ1v) is 6.87. The molecule has 1 aromatic carbocycles. The lowest BCUT2D eigenvalue weighted by Crippen LogP contribution is -2.31. The highest BCUT2D eigenvalue weighted by Crippen LogP contribution is 2.22. The van der Waals surface area contributed by atoms with Crippen molar-refractivity contribution < 1.29 is 9.53 Å². The molecule has 0 spiro atoms. The highest BCUT2D eigenvalue weighted by Gasteiger charge is 2.15. The van der Waals surface area contributed by atoms with Gasteiger partial charge >= 0.3 is 0 Å². The smallest absolute Gasteiger partial charge is 0.272 e. The molecule has 112 valence electrons. The Labute approximate surface area is 123 Å². The average molecular weight is 288 g/mol. The Kier molecular flexibility index (Phi) is 5.08. The molecule has 0 unspecified atom stereocenters. The Morgan fingerprint density at radius 3 is 2.90 bits per heavy atom. The number of aromatic nitrogens is 1. The fraction of sp³-hybridized carbons (Fsp3) is 0.333. The molecular weight excluding hydrogens is 268 g/mol. The number of hydrogen-bond acceptors (Lipinski definition) is 5. The lowest BCUT2D eigenvalue weighted by molar-refractivity contribution is 0.0705. The second kappa shape index (κ2) is 7.01. The van der Waals surface area contributed by atoms with E-state index in [1.54, 1.807) is 18.0 Å². The van der Waals surface area contributed by atoms with Crippen molar-refractivity contribution in [2.24, 2.45) is 5.84 Å². The number of carbonyl (C=O) groups excluding carboxylic acids is 1. The Hall–Kier alpha value is -2.18. The maximum absolute atomic E-state index is 12.4. The second-order valence-electron chi connectivity index (χ2n) is 4.64. The second-order valence-corrected chi connectivity index (χ2v) is 4.64. The number of nitrogens with two attached hydrogens (primary N) is 1. The van der Waals surface area contributed by atoms with Gasteiger partial charge in [-0.15, -0.1) is 0 Å². The van der Waals surface area contributed by atoms with Crippen LogP contribution in [0.2, 0.25) is 0 Å². The number of carbonyl (C=O) groups is 1. The molecule has 1 amide bonds. The van der Waals surface area contributed by atoms with Gasteiger partial charge in [0.2, 0.25) is 0 Å². The molecule has 1 aromatic heterocycles. The summed E-state index contributed by atoms with van der Waals surface area (Å²) in [4.78, 5) is 18.4. The number of nitrogen functional groups attached to an aromatic ring is 1. The molecule has 0 radical (unpaired) electrons. The zero-order valence-corrected chi connectivity index (χ0v) is 12.3. The zero-order valence-electron chi connectivity index (χ0n) is 12.3. The minimum Gasteiger partial charge on any atom is -0.380 e. The van der Waals surface area contributed by atoms with E-state index in [4.69, 9.17) is 10.6 Å². The molecule has 0 fully saturated rings. The molecule has 0 atom stereocenters. The molecular formula is C15H20N4O2. The van der Waals surface area contributed by atoms with Crippen LogP contribution in [-0.2, 0) is 4.74 Å². The molecule has 6 nitrogen and oxygen atoms in total. The minimum atomic E-state index is -0.156. The number of nitrogens with zero attached hydrogens (tertiary/aromatic N) is 2. The first-order valence-electron chi connectivity index (χ1n) is 6.87. The summed E-state index contributed by atoms with van der Waals surface area (Å²) in [7, 11) is 1.73. The fourth-order valence-electron chi connectivity index (χ4n) is 2.05. The van der Waals surface area contributed by atoms with Crippen molar-refractivity contribution >= 4 is 22.5 Å². The maximum atomic E-state index is 12.4. The average Bonchev–Trinajstić information content (AvgIpc) is 2.53. The van der Waals surface area contributed by atoms with Crippen molar-refractivity contribution in [1.29, 1.82) is 0 Å². The van der Waals surface area contributed by atoms with Crippen molar-refractivity contribution in [3.63, 3.8) is 0 Å². The largest absolute Gasteiger partial charge is 0.380 e. The van der Waals surface area contributed by atoms with Gasteiger partial charge in [0.15, 0.2) is 0 Å². The summed E-state index contributed by atoms with van der Waals surface area (Å²) in [5.74, 6) is 5.38. The number of benzene rings is 1. The number of nitrogens with one attached hydrogen (secondary N) is 1. The third kappa shape index (κ3) is 3.48. The van der Waals surface area contributed by atoms with Crippen LogP contribution >= 0.6 is 0 Å². The van der Waals surface area contributed by atoms with Gasteiger partial charge in [-0.2, -0.15) is 0 Å².